The highest BCUT2D eigenvalue weighted by Gasteiger charge is 2.24. The van der Waals surface area contributed by atoms with Crippen LogP contribution in [0.15, 0.2) is 48.5 Å². The van der Waals surface area contributed by atoms with Crippen molar-refractivity contribution in [2.24, 2.45) is 0 Å². The van der Waals surface area contributed by atoms with Crippen molar-refractivity contribution in [3.63, 3.8) is 0 Å². The molecule has 0 aliphatic heterocycles. The van der Waals surface area contributed by atoms with E-state index in [1.54, 1.807) is 42.8 Å². The summed E-state index contributed by atoms with van der Waals surface area (Å²) in [4.78, 5) is 17.3. The van der Waals surface area contributed by atoms with Crippen molar-refractivity contribution in [2.45, 2.75) is 39.8 Å². The van der Waals surface area contributed by atoms with Crippen LogP contribution in [0.25, 0.3) is 11.0 Å². The van der Waals surface area contributed by atoms with Crippen LogP contribution < -0.4 is 5.32 Å². The summed E-state index contributed by atoms with van der Waals surface area (Å²) < 4.78 is 29.9. The second-order valence-electron chi connectivity index (χ2n) is 8.11. The molecule has 0 radical (unpaired) electrons. The minimum Gasteiger partial charge on any atom is -0.351 e. The lowest BCUT2D eigenvalue weighted by Crippen LogP contribution is -2.29. The quantitative estimate of drug-likeness (QED) is 0.388. The molecule has 0 fully saturated rings. The molecule has 0 bridgehead atoms. The fourth-order valence-corrected chi connectivity index (χ4v) is 4.14. The number of para-hydroxylation sites is 2. The Labute approximate surface area is 195 Å². The molecule has 1 N–H and O–H groups in total. The third-order valence-electron chi connectivity index (χ3n) is 5.57. The van der Waals surface area contributed by atoms with E-state index in [-0.39, 0.29) is 23.1 Å². The molecule has 0 aliphatic rings. The number of amides is 1. The summed E-state index contributed by atoms with van der Waals surface area (Å²) in [6.45, 7) is 3.29. The lowest BCUT2D eigenvalue weighted by atomic mass is 10.1. The highest BCUT2D eigenvalue weighted by molar-refractivity contribution is 6.33. The molecule has 0 saturated carbocycles. The molecule has 2 aromatic carbocycles. The molecule has 1 amide bonds. The van der Waals surface area contributed by atoms with E-state index in [4.69, 9.17) is 11.6 Å². The Morgan fingerprint density at radius 3 is 2.52 bits per heavy atom. The molecule has 4 rings (SSSR count). The first kappa shape index (κ1) is 22.9. The third-order valence-corrected chi connectivity index (χ3v) is 5.96. The SMILES string of the molecule is Cc1ccc(Cn2nc(C)c(C(=O)NC[C@@H](C)c3nc4ccccc4n3C(F)F)c2Cl)cc1. The molecule has 172 valence electrons. The van der Waals surface area contributed by atoms with Crippen molar-refractivity contribution in [1.82, 2.24) is 24.6 Å². The van der Waals surface area contributed by atoms with Gasteiger partial charge < -0.3 is 5.32 Å². The number of alkyl halides is 2. The van der Waals surface area contributed by atoms with Crippen LogP contribution in [-0.2, 0) is 6.54 Å². The number of aryl methyl sites for hydroxylation is 2. The monoisotopic (exact) mass is 471 g/mol. The van der Waals surface area contributed by atoms with Crippen molar-refractivity contribution in [3.8, 4) is 0 Å². The number of carbonyl (C=O) groups is 1. The molecule has 1 atom stereocenters. The van der Waals surface area contributed by atoms with Gasteiger partial charge >= 0.3 is 6.55 Å². The maximum absolute atomic E-state index is 13.7. The van der Waals surface area contributed by atoms with Crippen LogP contribution in [0.2, 0.25) is 5.15 Å². The van der Waals surface area contributed by atoms with E-state index in [0.29, 0.717) is 23.3 Å². The number of carbonyl (C=O) groups excluding carboxylic acids is 1. The van der Waals surface area contributed by atoms with Gasteiger partial charge in [0.1, 0.15) is 11.0 Å². The van der Waals surface area contributed by atoms with Gasteiger partial charge in [-0.15, -0.1) is 0 Å². The topological polar surface area (TPSA) is 64.7 Å². The van der Waals surface area contributed by atoms with Gasteiger partial charge in [0.15, 0.2) is 0 Å². The normalized spacial score (nSPS) is 12.5. The molecule has 2 aromatic heterocycles. The van der Waals surface area contributed by atoms with Crippen molar-refractivity contribution in [2.75, 3.05) is 6.54 Å². The van der Waals surface area contributed by atoms with E-state index in [2.05, 4.69) is 15.4 Å². The van der Waals surface area contributed by atoms with Crippen LogP contribution in [-0.4, -0.2) is 31.8 Å². The van der Waals surface area contributed by atoms with Gasteiger partial charge in [0.25, 0.3) is 5.91 Å². The van der Waals surface area contributed by atoms with Crippen molar-refractivity contribution < 1.29 is 13.6 Å². The highest BCUT2D eigenvalue weighted by Crippen LogP contribution is 2.27. The first-order chi connectivity index (χ1) is 15.8. The number of fused-ring (bicyclic) bond motifs is 1. The van der Waals surface area contributed by atoms with Gasteiger partial charge in [0.2, 0.25) is 0 Å². The number of imidazole rings is 1. The van der Waals surface area contributed by atoms with E-state index in [0.717, 1.165) is 15.7 Å². The summed E-state index contributed by atoms with van der Waals surface area (Å²) in [6, 6.07) is 14.7. The maximum atomic E-state index is 13.7. The smallest absolute Gasteiger partial charge is 0.320 e. The number of benzene rings is 2. The molecule has 0 saturated heterocycles. The van der Waals surface area contributed by atoms with E-state index in [1.807, 2.05) is 31.2 Å². The van der Waals surface area contributed by atoms with Gasteiger partial charge in [-0.2, -0.15) is 13.9 Å². The third kappa shape index (κ3) is 4.61. The summed E-state index contributed by atoms with van der Waals surface area (Å²) in [7, 11) is 0. The average molecular weight is 472 g/mol. The van der Waals surface area contributed by atoms with Crippen LogP contribution in [0.4, 0.5) is 8.78 Å². The summed E-state index contributed by atoms with van der Waals surface area (Å²) in [5.74, 6) is -0.638. The molecule has 0 unspecified atom stereocenters. The summed E-state index contributed by atoms with van der Waals surface area (Å²) in [5.41, 5.74) is 3.78. The molecule has 6 nitrogen and oxygen atoms in total. The first-order valence-corrected chi connectivity index (χ1v) is 11.0. The van der Waals surface area contributed by atoms with Gasteiger partial charge in [-0.3, -0.25) is 9.36 Å². The number of nitrogens with one attached hydrogen (secondary N) is 1. The minimum atomic E-state index is -2.73. The molecule has 0 aliphatic carbocycles. The summed E-state index contributed by atoms with van der Waals surface area (Å²) in [6.07, 6.45) is 0. The molecule has 9 heteroatoms. The number of hydrogen-bond donors (Lipinski definition) is 1. The zero-order valence-electron chi connectivity index (χ0n) is 18.5. The molecule has 0 spiro atoms. The van der Waals surface area contributed by atoms with Gasteiger partial charge in [-0.05, 0) is 31.5 Å². The Morgan fingerprint density at radius 1 is 1.12 bits per heavy atom. The van der Waals surface area contributed by atoms with Gasteiger partial charge in [0, 0.05) is 12.5 Å². The number of halogens is 3. The Morgan fingerprint density at radius 2 is 1.82 bits per heavy atom. The van der Waals surface area contributed by atoms with Crippen LogP contribution in [0, 0.1) is 13.8 Å². The second kappa shape index (κ2) is 9.31. The predicted molar refractivity (Wildman–Crippen MR) is 124 cm³/mol. The zero-order valence-corrected chi connectivity index (χ0v) is 19.3. The van der Waals surface area contributed by atoms with Crippen LogP contribution in [0.5, 0.6) is 0 Å². The van der Waals surface area contributed by atoms with Gasteiger partial charge in [0.05, 0.1) is 28.8 Å². The first-order valence-electron chi connectivity index (χ1n) is 10.6. The fourth-order valence-electron chi connectivity index (χ4n) is 3.82. The highest BCUT2D eigenvalue weighted by atomic mass is 35.5. The van der Waals surface area contributed by atoms with Crippen LogP contribution in [0.1, 0.15) is 52.4 Å². The van der Waals surface area contributed by atoms with E-state index < -0.39 is 18.4 Å². The van der Waals surface area contributed by atoms with Crippen LogP contribution in [0.3, 0.4) is 0 Å². The number of rotatable bonds is 7. The maximum Gasteiger partial charge on any atom is 0.320 e. The van der Waals surface area contributed by atoms with Crippen molar-refractivity contribution in [3.05, 3.63) is 81.9 Å². The van der Waals surface area contributed by atoms with Crippen molar-refractivity contribution >= 4 is 28.5 Å². The summed E-state index contributed by atoms with van der Waals surface area (Å²) >= 11 is 6.48. The number of hydrogen-bond acceptors (Lipinski definition) is 3. The second-order valence-corrected chi connectivity index (χ2v) is 8.47. The largest absolute Gasteiger partial charge is 0.351 e. The molecule has 4 aromatic rings. The van der Waals surface area contributed by atoms with Crippen molar-refractivity contribution in [1.29, 1.82) is 0 Å². The zero-order chi connectivity index (χ0) is 23.7. The Hall–Kier alpha value is -3.26. The molecule has 33 heavy (non-hydrogen) atoms. The number of aromatic nitrogens is 4. The van der Waals surface area contributed by atoms with Crippen LogP contribution >= 0.6 is 11.6 Å². The summed E-state index contributed by atoms with van der Waals surface area (Å²) in [5, 5.41) is 7.44. The van der Waals surface area contributed by atoms with E-state index in [1.165, 1.54) is 0 Å². The average Bonchev–Trinajstić information content (AvgIpc) is 3.31. The Balaban J connectivity index is 1.50. The predicted octanol–water partition coefficient (Wildman–Crippen LogP) is 5.48. The lowest BCUT2D eigenvalue weighted by molar-refractivity contribution is 0.0704. The fraction of sp³-hybridized carbons (Fsp3) is 0.292. The Bertz CT molecular complexity index is 1300. The standard InChI is InChI=1S/C24H24ClF2N5O/c1-14-8-10-17(11-9-14)13-31-21(25)20(16(3)30-31)23(33)28-12-15(2)22-29-18-6-4-5-7-19(18)32(22)24(26)27/h4-11,15,24H,12-13H2,1-3H3,(H,28,33)/t15-/m1/s1. The van der Waals surface area contributed by atoms with Gasteiger partial charge in [-0.25, -0.2) is 9.67 Å². The number of nitrogens with zero attached hydrogens (tertiary/aromatic N) is 4. The lowest BCUT2D eigenvalue weighted by Gasteiger charge is -2.15. The molecular formula is C24H24ClF2N5O. The molecule has 2 heterocycles. The Kier molecular flexibility index (Phi) is 6.47. The van der Waals surface area contributed by atoms with Gasteiger partial charge in [-0.1, -0.05) is 60.5 Å². The van der Waals surface area contributed by atoms with E-state index in [9.17, 15) is 13.6 Å². The minimum absolute atomic E-state index is 0.119. The van der Waals surface area contributed by atoms with E-state index >= 15 is 0 Å². The molecular weight excluding hydrogens is 448 g/mol.